The van der Waals surface area contributed by atoms with Crippen molar-refractivity contribution in [3.63, 3.8) is 0 Å². The predicted octanol–water partition coefficient (Wildman–Crippen LogP) is 2.22. The van der Waals surface area contributed by atoms with Crippen molar-refractivity contribution in [3.05, 3.63) is 36.5 Å². The lowest BCUT2D eigenvalue weighted by atomic mass is 10.2. The molecule has 0 aromatic carbocycles. The summed E-state index contributed by atoms with van der Waals surface area (Å²) in [5, 5.41) is 5.97. The first-order valence-electron chi connectivity index (χ1n) is 6.77. The van der Waals surface area contributed by atoms with Crippen LogP contribution in [0.5, 0.6) is 5.88 Å². The number of hydrogen-bond acceptors (Lipinski definition) is 3. The first-order chi connectivity index (χ1) is 10.5. The van der Waals surface area contributed by atoms with E-state index in [1.165, 1.54) is 12.3 Å². The minimum Gasteiger partial charge on any atom is -0.475 e. The average Bonchev–Trinajstić information content (AvgIpc) is 2.48. The lowest BCUT2D eigenvalue weighted by Crippen LogP contribution is -2.37. The molecule has 0 aliphatic carbocycles. The molecule has 0 atom stereocenters. The van der Waals surface area contributed by atoms with E-state index in [1.54, 1.807) is 6.08 Å². The van der Waals surface area contributed by atoms with E-state index in [4.69, 9.17) is 4.74 Å². The summed E-state index contributed by atoms with van der Waals surface area (Å²) in [6.45, 7) is 6.87. The summed E-state index contributed by atoms with van der Waals surface area (Å²) in [6, 6.07) is 2.15. The van der Waals surface area contributed by atoms with Gasteiger partial charge >= 0.3 is 6.18 Å². The maximum Gasteiger partial charge on any atom is 0.421 e. The molecule has 0 saturated carbocycles. The monoisotopic (exact) mass is 316 g/mol. The van der Waals surface area contributed by atoms with Gasteiger partial charge in [0.25, 0.3) is 0 Å². The fourth-order valence-corrected chi connectivity index (χ4v) is 1.53. The third-order valence-electron chi connectivity index (χ3n) is 2.43. The third-order valence-corrected chi connectivity index (χ3v) is 2.43. The highest BCUT2D eigenvalue weighted by molar-refractivity contribution is 5.79. The van der Waals surface area contributed by atoms with Crippen molar-refractivity contribution in [1.29, 1.82) is 0 Å². The average molecular weight is 316 g/mol. The maximum atomic E-state index is 12.7. The SMILES string of the molecule is C=CCNC(=NCCOc1ncccc1C(F)(F)F)NCC. The van der Waals surface area contributed by atoms with Crippen LogP contribution in [-0.4, -0.2) is 37.2 Å². The number of hydrogen-bond donors (Lipinski definition) is 2. The molecular formula is C14H19F3N4O. The number of nitrogens with one attached hydrogen (secondary N) is 2. The Morgan fingerprint density at radius 2 is 2.23 bits per heavy atom. The van der Waals surface area contributed by atoms with Crippen LogP contribution in [0.1, 0.15) is 12.5 Å². The minimum absolute atomic E-state index is 0.00917. The van der Waals surface area contributed by atoms with Crippen LogP contribution in [0, 0.1) is 0 Å². The molecule has 1 rings (SSSR count). The zero-order valence-corrected chi connectivity index (χ0v) is 12.3. The fraction of sp³-hybridized carbons (Fsp3) is 0.429. The second-order valence-corrected chi connectivity index (χ2v) is 4.13. The molecule has 0 bridgehead atoms. The quantitative estimate of drug-likeness (QED) is 0.350. The number of pyridine rings is 1. The lowest BCUT2D eigenvalue weighted by molar-refractivity contribution is -0.139. The van der Waals surface area contributed by atoms with Crippen LogP contribution >= 0.6 is 0 Å². The van der Waals surface area contributed by atoms with Crippen LogP contribution in [0.3, 0.4) is 0 Å². The van der Waals surface area contributed by atoms with Gasteiger partial charge in [-0.3, -0.25) is 0 Å². The van der Waals surface area contributed by atoms with Crippen molar-refractivity contribution < 1.29 is 17.9 Å². The van der Waals surface area contributed by atoms with E-state index in [0.717, 1.165) is 6.07 Å². The zero-order valence-electron chi connectivity index (χ0n) is 12.3. The molecule has 0 amide bonds. The molecule has 1 heterocycles. The molecule has 8 heteroatoms. The summed E-state index contributed by atoms with van der Waals surface area (Å²) >= 11 is 0. The highest BCUT2D eigenvalue weighted by atomic mass is 19.4. The van der Waals surface area contributed by atoms with Crippen molar-refractivity contribution in [2.45, 2.75) is 13.1 Å². The van der Waals surface area contributed by atoms with Crippen LogP contribution in [-0.2, 0) is 6.18 Å². The molecule has 0 unspecified atom stereocenters. The molecule has 0 spiro atoms. The standard InChI is InChI=1S/C14H19F3N4O/c1-3-7-20-13(18-4-2)21-9-10-22-12-11(14(15,16)17)6-5-8-19-12/h3,5-6,8H,1,4,7,9-10H2,2H3,(H2,18,20,21). The van der Waals surface area contributed by atoms with Crippen molar-refractivity contribution in [2.75, 3.05) is 26.2 Å². The van der Waals surface area contributed by atoms with Gasteiger partial charge < -0.3 is 15.4 Å². The number of alkyl halides is 3. The maximum absolute atomic E-state index is 12.7. The van der Waals surface area contributed by atoms with Crippen molar-refractivity contribution in [3.8, 4) is 5.88 Å². The largest absolute Gasteiger partial charge is 0.475 e. The predicted molar refractivity (Wildman–Crippen MR) is 78.9 cm³/mol. The van der Waals surface area contributed by atoms with E-state index >= 15 is 0 Å². The van der Waals surface area contributed by atoms with Crippen LogP contribution in [0.25, 0.3) is 0 Å². The third kappa shape index (κ3) is 6.02. The van der Waals surface area contributed by atoms with Gasteiger partial charge in [-0.05, 0) is 19.1 Å². The molecule has 0 radical (unpaired) electrons. The number of aliphatic imine (C=N–C) groups is 1. The van der Waals surface area contributed by atoms with Gasteiger partial charge in [-0.15, -0.1) is 6.58 Å². The Hall–Kier alpha value is -2.25. The molecule has 5 nitrogen and oxygen atoms in total. The van der Waals surface area contributed by atoms with Gasteiger partial charge in [0.2, 0.25) is 5.88 Å². The van der Waals surface area contributed by atoms with E-state index in [2.05, 4.69) is 27.2 Å². The van der Waals surface area contributed by atoms with E-state index in [-0.39, 0.29) is 13.2 Å². The number of aromatic nitrogens is 1. The van der Waals surface area contributed by atoms with Crippen LogP contribution in [0.4, 0.5) is 13.2 Å². The normalized spacial score (nSPS) is 11.9. The molecule has 1 aromatic rings. The Balaban J connectivity index is 2.58. The Morgan fingerprint density at radius 3 is 2.86 bits per heavy atom. The molecule has 22 heavy (non-hydrogen) atoms. The fourth-order valence-electron chi connectivity index (χ4n) is 1.53. The summed E-state index contributed by atoms with van der Waals surface area (Å²) in [5.74, 6) is 0.109. The van der Waals surface area contributed by atoms with Crippen LogP contribution < -0.4 is 15.4 Å². The van der Waals surface area contributed by atoms with Gasteiger partial charge in [-0.1, -0.05) is 6.08 Å². The Bertz CT molecular complexity index is 503. The summed E-state index contributed by atoms with van der Waals surface area (Å²) in [4.78, 5) is 7.78. The number of nitrogens with zero attached hydrogens (tertiary/aromatic N) is 2. The lowest BCUT2D eigenvalue weighted by Gasteiger charge is -2.12. The van der Waals surface area contributed by atoms with Gasteiger partial charge in [-0.25, -0.2) is 9.98 Å². The van der Waals surface area contributed by atoms with Crippen molar-refractivity contribution in [2.24, 2.45) is 4.99 Å². The molecule has 0 aliphatic heterocycles. The zero-order chi connectivity index (χ0) is 16.4. The highest BCUT2D eigenvalue weighted by Crippen LogP contribution is 2.34. The van der Waals surface area contributed by atoms with Gasteiger partial charge in [0.1, 0.15) is 12.2 Å². The van der Waals surface area contributed by atoms with Gasteiger partial charge in [-0.2, -0.15) is 13.2 Å². The summed E-state index contributed by atoms with van der Waals surface area (Å²) in [7, 11) is 0. The number of guanidine groups is 1. The number of rotatable bonds is 7. The number of ether oxygens (including phenoxy) is 1. The van der Waals surface area contributed by atoms with Crippen LogP contribution in [0.15, 0.2) is 36.0 Å². The van der Waals surface area contributed by atoms with E-state index in [1.807, 2.05) is 6.92 Å². The first kappa shape index (κ1) is 17.8. The topological polar surface area (TPSA) is 58.5 Å². The summed E-state index contributed by atoms with van der Waals surface area (Å²) in [6.07, 6.45) is -1.57. The molecule has 0 saturated heterocycles. The van der Waals surface area contributed by atoms with Gasteiger partial charge in [0.05, 0.1) is 6.54 Å². The molecule has 1 aromatic heterocycles. The molecule has 0 fully saturated rings. The Kier molecular flexibility index (Phi) is 7.21. The van der Waals surface area contributed by atoms with Crippen molar-refractivity contribution in [1.82, 2.24) is 15.6 Å². The number of halogens is 3. The van der Waals surface area contributed by atoms with E-state index < -0.39 is 17.6 Å². The van der Waals surface area contributed by atoms with Gasteiger partial charge in [0.15, 0.2) is 5.96 Å². The molecule has 0 aliphatic rings. The molecule has 122 valence electrons. The highest BCUT2D eigenvalue weighted by Gasteiger charge is 2.34. The molecular weight excluding hydrogens is 297 g/mol. The second-order valence-electron chi connectivity index (χ2n) is 4.13. The minimum atomic E-state index is -4.49. The van der Waals surface area contributed by atoms with Gasteiger partial charge in [0, 0.05) is 19.3 Å². The second kappa shape index (κ2) is 8.91. The summed E-state index contributed by atoms with van der Waals surface area (Å²) in [5.41, 5.74) is -0.893. The Labute approximate surface area is 127 Å². The van der Waals surface area contributed by atoms with Crippen molar-refractivity contribution >= 4 is 5.96 Å². The van der Waals surface area contributed by atoms with E-state index in [0.29, 0.717) is 19.0 Å². The smallest absolute Gasteiger partial charge is 0.421 e. The molecule has 2 N–H and O–H groups in total. The van der Waals surface area contributed by atoms with Crippen LogP contribution in [0.2, 0.25) is 0 Å². The Morgan fingerprint density at radius 1 is 1.45 bits per heavy atom. The van der Waals surface area contributed by atoms with E-state index in [9.17, 15) is 13.2 Å². The summed E-state index contributed by atoms with van der Waals surface area (Å²) < 4.78 is 43.3. The first-order valence-corrected chi connectivity index (χ1v) is 6.77.